The van der Waals surface area contributed by atoms with E-state index in [1.165, 1.54) is 4.70 Å². The van der Waals surface area contributed by atoms with Crippen molar-refractivity contribution in [3.8, 4) is 11.5 Å². The van der Waals surface area contributed by atoms with Gasteiger partial charge in [0.05, 0.1) is 37.6 Å². The maximum Gasteiger partial charge on any atom is 0.186 e. The highest BCUT2D eigenvalue weighted by Crippen LogP contribution is 2.37. The van der Waals surface area contributed by atoms with E-state index >= 15 is 0 Å². The number of hydrogen-bond acceptors (Lipinski definition) is 10. The molecule has 0 amide bonds. The summed E-state index contributed by atoms with van der Waals surface area (Å²) in [4.78, 5) is 9.61. The summed E-state index contributed by atoms with van der Waals surface area (Å²) in [5.74, 6) is 2.28. The molecular weight excluding hydrogens is 466 g/mol. The smallest absolute Gasteiger partial charge is 0.186 e. The molecule has 0 radical (unpaired) electrons. The minimum absolute atomic E-state index is 0.204. The second kappa shape index (κ2) is 10.5. The second-order valence-corrected chi connectivity index (χ2v) is 9.26. The zero-order chi connectivity index (χ0) is 24.2. The summed E-state index contributed by atoms with van der Waals surface area (Å²) in [6, 6.07) is 13.9. The first-order valence-corrected chi connectivity index (χ1v) is 12.3. The van der Waals surface area contributed by atoms with Crippen molar-refractivity contribution in [3.63, 3.8) is 0 Å². The first-order chi connectivity index (χ1) is 17.2. The van der Waals surface area contributed by atoms with Gasteiger partial charge >= 0.3 is 0 Å². The topological polar surface area (TPSA) is 90.7 Å². The van der Waals surface area contributed by atoms with Gasteiger partial charge in [-0.05, 0) is 40.8 Å². The van der Waals surface area contributed by atoms with Gasteiger partial charge in [0, 0.05) is 38.9 Å². The van der Waals surface area contributed by atoms with Gasteiger partial charge in [-0.1, -0.05) is 23.5 Å². The number of nitrogens with zero attached hydrogens (tertiary/aromatic N) is 7. The molecule has 0 bridgehead atoms. The molecule has 1 saturated heterocycles. The number of para-hydroxylation sites is 1. The van der Waals surface area contributed by atoms with Gasteiger partial charge in [0.1, 0.15) is 17.5 Å². The number of methoxy groups -OCH3 is 3. The first kappa shape index (κ1) is 23.5. The number of rotatable bonds is 9. The van der Waals surface area contributed by atoms with E-state index in [9.17, 15) is 0 Å². The molecule has 35 heavy (non-hydrogen) atoms. The zero-order valence-electron chi connectivity index (χ0n) is 20.1. The molecule has 10 nitrogen and oxygen atoms in total. The quantitative estimate of drug-likeness (QED) is 0.348. The van der Waals surface area contributed by atoms with Crippen LogP contribution in [-0.4, -0.2) is 84.2 Å². The molecule has 1 unspecified atom stereocenters. The number of tetrazole rings is 1. The maximum absolute atomic E-state index is 5.76. The van der Waals surface area contributed by atoms with Gasteiger partial charge in [-0.15, -0.1) is 5.10 Å². The van der Waals surface area contributed by atoms with Crippen molar-refractivity contribution in [1.29, 1.82) is 0 Å². The average Bonchev–Trinajstić information content (AvgIpc) is 3.55. The van der Waals surface area contributed by atoms with Crippen molar-refractivity contribution >= 4 is 26.7 Å². The van der Waals surface area contributed by atoms with Gasteiger partial charge in [-0.3, -0.25) is 4.90 Å². The largest absolute Gasteiger partial charge is 0.497 e. The summed E-state index contributed by atoms with van der Waals surface area (Å²) in [7, 11) is 5.02. The third-order valence-corrected chi connectivity index (χ3v) is 7.37. The lowest BCUT2D eigenvalue weighted by molar-refractivity contribution is 0.171. The van der Waals surface area contributed by atoms with E-state index in [2.05, 4.69) is 43.5 Å². The Kier molecular flexibility index (Phi) is 7.07. The van der Waals surface area contributed by atoms with Crippen molar-refractivity contribution in [2.75, 3.05) is 59.0 Å². The van der Waals surface area contributed by atoms with Crippen LogP contribution in [0, 0.1) is 0 Å². The van der Waals surface area contributed by atoms with Gasteiger partial charge in [0.25, 0.3) is 0 Å². The lowest BCUT2D eigenvalue weighted by Gasteiger charge is -2.39. The van der Waals surface area contributed by atoms with E-state index in [0.717, 1.165) is 59.7 Å². The van der Waals surface area contributed by atoms with Gasteiger partial charge < -0.3 is 19.1 Å². The molecule has 5 rings (SSSR count). The van der Waals surface area contributed by atoms with Crippen molar-refractivity contribution in [1.82, 2.24) is 30.1 Å². The van der Waals surface area contributed by atoms with Crippen LogP contribution in [0.3, 0.4) is 0 Å². The normalized spacial score (nSPS) is 15.5. The van der Waals surface area contributed by atoms with Gasteiger partial charge in [-0.25, -0.2) is 9.67 Å². The lowest BCUT2D eigenvalue weighted by atomic mass is 10.0. The number of piperazine rings is 1. The molecule has 0 saturated carbocycles. The Morgan fingerprint density at radius 2 is 1.83 bits per heavy atom. The van der Waals surface area contributed by atoms with Crippen LogP contribution < -0.4 is 14.4 Å². The molecule has 4 aromatic rings. The molecular formula is C24H29N7O3S. The molecule has 0 aliphatic carbocycles. The Morgan fingerprint density at radius 3 is 2.57 bits per heavy atom. The Balaban J connectivity index is 1.45. The van der Waals surface area contributed by atoms with E-state index in [1.807, 2.05) is 28.9 Å². The molecule has 0 spiro atoms. The molecule has 11 heteroatoms. The predicted molar refractivity (Wildman–Crippen MR) is 134 cm³/mol. The molecule has 2 aromatic carbocycles. The number of benzene rings is 2. The fourth-order valence-corrected chi connectivity index (χ4v) is 5.48. The number of thiazole rings is 1. The van der Waals surface area contributed by atoms with Crippen LogP contribution in [0.4, 0.5) is 5.13 Å². The van der Waals surface area contributed by atoms with Crippen LogP contribution >= 0.6 is 11.3 Å². The van der Waals surface area contributed by atoms with Crippen LogP contribution in [0.2, 0.25) is 0 Å². The van der Waals surface area contributed by atoms with E-state index in [1.54, 1.807) is 32.7 Å². The highest BCUT2D eigenvalue weighted by molar-refractivity contribution is 7.22. The summed E-state index contributed by atoms with van der Waals surface area (Å²) in [5, 5.41) is 13.7. The van der Waals surface area contributed by atoms with Crippen molar-refractivity contribution in [2.24, 2.45) is 0 Å². The maximum atomic E-state index is 5.76. The Labute approximate surface area is 208 Å². The zero-order valence-corrected chi connectivity index (χ0v) is 20.9. The van der Waals surface area contributed by atoms with Crippen molar-refractivity contribution in [3.05, 3.63) is 53.9 Å². The number of ether oxygens (including phenoxy) is 3. The average molecular weight is 496 g/mol. The highest BCUT2D eigenvalue weighted by Gasteiger charge is 2.33. The van der Waals surface area contributed by atoms with Crippen LogP contribution in [0.15, 0.2) is 42.5 Å². The SMILES string of the molecule is COCCn1nnnc1C(c1cc(OC)ccc1OC)N1CCN(c2nc3ccccc3s2)CC1. The van der Waals surface area contributed by atoms with Crippen LogP contribution in [-0.2, 0) is 11.3 Å². The first-order valence-electron chi connectivity index (χ1n) is 11.5. The number of anilines is 1. The fraction of sp³-hybridized carbons (Fsp3) is 0.417. The van der Waals surface area contributed by atoms with Crippen LogP contribution in [0.25, 0.3) is 10.2 Å². The molecule has 1 aliphatic heterocycles. The predicted octanol–water partition coefficient (Wildman–Crippen LogP) is 2.86. The molecule has 1 fully saturated rings. The standard InChI is InChI=1S/C24H29N7O3S/c1-32-15-14-31-23(26-27-28-31)22(18-16-17(33-2)8-9-20(18)34-3)29-10-12-30(13-11-29)24-25-19-6-4-5-7-21(19)35-24/h4-9,16,22H,10-15H2,1-3H3. The minimum Gasteiger partial charge on any atom is -0.497 e. The van der Waals surface area contributed by atoms with Gasteiger partial charge in [0.2, 0.25) is 0 Å². The van der Waals surface area contributed by atoms with Crippen molar-refractivity contribution < 1.29 is 14.2 Å². The van der Waals surface area contributed by atoms with E-state index < -0.39 is 0 Å². The van der Waals surface area contributed by atoms with Gasteiger partial charge in [0.15, 0.2) is 11.0 Å². The fourth-order valence-electron chi connectivity index (χ4n) is 4.46. The molecule has 1 atom stereocenters. The van der Waals surface area contributed by atoms with E-state index in [4.69, 9.17) is 19.2 Å². The van der Waals surface area contributed by atoms with E-state index in [0.29, 0.717) is 13.2 Å². The number of fused-ring (bicyclic) bond motifs is 1. The summed E-state index contributed by atoms with van der Waals surface area (Å²) in [6.45, 7) is 4.42. The van der Waals surface area contributed by atoms with Crippen molar-refractivity contribution in [2.45, 2.75) is 12.6 Å². The van der Waals surface area contributed by atoms with Crippen LogP contribution in [0.1, 0.15) is 17.4 Å². The summed E-state index contributed by atoms with van der Waals surface area (Å²) < 4.78 is 19.6. The Hall–Kier alpha value is -3.28. The minimum atomic E-state index is -0.204. The molecule has 3 heterocycles. The molecule has 1 aliphatic rings. The second-order valence-electron chi connectivity index (χ2n) is 8.25. The monoisotopic (exact) mass is 495 g/mol. The molecule has 2 aromatic heterocycles. The summed E-state index contributed by atoms with van der Waals surface area (Å²) in [6.07, 6.45) is 0. The summed E-state index contributed by atoms with van der Waals surface area (Å²) in [5.41, 5.74) is 2.01. The highest BCUT2D eigenvalue weighted by atomic mass is 32.1. The van der Waals surface area contributed by atoms with E-state index in [-0.39, 0.29) is 6.04 Å². The number of aromatic nitrogens is 5. The lowest BCUT2D eigenvalue weighted by Crippen LogP contribution is -2.48. The molecule has 184 valence electrons. The Bertz CT molecular complexity index is 1240. The third kappa shape index (κ3) is 4.79. The van der Waals surface area contributed by atoms with Gasteiger partial charge in [-0.2, -0.15) is 0 Å². The van der Waals surface area contributed by atoms with Crippen LogP contribution in [0.5, 0.6) is 11.5 Å². The molecule has 0 N–H and O–H groups in total. The Morgan fingerprint density at radius 1 is 1.00 bits per heavy atom. The summed E-state index contributed by atoms with van der Waals surface area (Å²) >= 11 is 1.74. The third-order valence-electron chi connectivity index (χ3n) is 6.28. The number of hydrogen-bond donors (Lipinski definition) is 0.